The average molecular weight is 347 g/mol. The fraction of sp³-hybridized carbons (Fsp3) is 0.800. The fourth-order valence-electron chi connectivity index (χ4n) is 2.78. The van der Waals surface area contributed by atoms with Crippen LogP contribution >= 0.6 is 11.3 Å². The molecule has 1 aromatic heterocycles. The minimum absolute atomic E-state index is 0.158. The van der Waals surface area contributed by atoms with E-state index in [9.17, 15) is 8.42 Å². The van der Waals surface area contributed by atoms with Crippen LogP contribution in [0, 0.1) is 0 Å². The highest BCUT2D eigenvalue weighted by Crippen LogP contribution is 2.27. The largest absolute Gasteiger partial charge is 0.377 e. The van der Waals surface area contributed by atoms with E-state index in [1.54, 1.807) is 11.3 Å². The van der Waals surface area contributed by atoms with Gasteiger partial charge in [0.1, 0.15) is 5.25 Å². The summed E-state index contributed by atoms with van der Waals surface area (Å²) in [6, 6.07) is 0. The van der Waals surface area contributed by atoms with Gasteiger partial charge in [-0.1, -0.05) is 13.8 Å². The molecule has 0 amide bonds. The molecular weight excluding hydrogens is 320 g/mol. The molecule has 1 fully saturated rings. The Bertz CT molecular complexity index is 569. The van der Waals surface area contributed by atoms with Crippen LogP contribution < -0.4 is 4.72 Å². The van der Waals surface area contributed by atoms with E-state index in [2.05, 4.69) is 23.6 Å². The summed E-state index contributed by atoms with van der Waals surface area (Å²) < 4.78 is 33.1. The maximum atomic E-state index is 12.4. The zero-order valence-electron chi connectivity index (χ0n) is 13.5. The van der Waals surface area contributed by atoms with Crippen molar-refractivity contribution in [3.63, 3.8) is 0 Å². The van der Waals surface area contributed by atoms with E-state index >= 15 is 0 Å². The molecule has 126 valence electrons. The van der Waals surface area contributed by atoms with Gasteiger partial charge in [-0.25, -0.2) is 18.1 Å². The zero-order chi connectivity index (χ0) is 16.2. The standard InChI is InChI=1S/C15H26N2O3S2/c1-4-20-13-6-5-7-14(13)22(18,19)16-9-8-12-10-21-15(17-12)11(2)3/h10-11,13-14,16H,4-9H2,1-3H3. The highest BCUT2D eigenvalue weighted by atomic mass is 32.2. The third-order valence-corrected chi connectivity index (χ3v) is 7.06. The molecule has 5 nitrogen and oxygen atoms in total. The van der Waals surface area contributed by atoms with Crippen LogP contribution in [0.4, 0.5) is 0 Å². The Morgan fingerprint density at radius 3 is 2.86 bits per heavy atom. The predicted molar refractivity (Wildman–Crippen MR) is 89.9 cm³/mol. The molecule has 1 N–H and O–H groups in total. The Morgan fingerprint density at radius 2 is 2.23 bits per heavy atom. The highest BCUT2D eigenvalue weighted by Gasteiger charge is 2.37. The predicted octanol–water partition coefficient (Wildman–Crippen LogP) is 2.69. The molecule has 0 radical (unpaired) electrons. The minimum Gasteiger partial charge on any atom is -0.377 e. The van der Waals surface area contributed by atoms with Gasteiger partial charge in [-0.2, -0.15) is 0 Å². The van der Waals surface area contributed by atoms with Gasteiger partial charge in [-0.15, -0.1) is 11.3 Å². The van der Waals surface area contributed by atoms with Gasteiger partial charge in [-0.05, 0) is 26.2 Å². The van der Waals surface area contributed by atoms with Crippen molar-refractivity contribution in [3.05, 3.63) is 16.1 Å². The normalized spacial score (nSPS) is 22.5. The molecule has 0 spiro atoms. The summed E-state index contributed by atoms with van der Waals surface area (Å²) in [5, 5.41) is 2.71. The molecule has 1 saturated carbocycles. The monoisotopic (exact) mass is 346 g/mol. The van der Waals surface area contributed by atoms with Crippen LogP contribution in [-0.4, -0.2) is 37.9 Å². The number of sulfonamides is 1. The number of hydrogen-bond donors (Lipinski definition) is 1. The first-order chi connectivity index (χ1) is 10.4. The summed E-state index contributed by atoms with van der Waals surface area (Å²) in [7, 11) is -3.31. The molecular formula is C15H26N2O3S2. The molecule has 0 bridgehead atoms. The number of ether oxygens (including phenoxy) is 1. The van der Waals surface area contributed by atoms with Crippen molar-refractivity contribution >= 4 is 21.4 Å². The summed E-state index contributed by atoms with van der Waals surface area (Å²) in [4.78, 5) is 4.53. The molecule has 2 atom stereocenters. The lowest BCUT2D eigenvalue weighted by atomic mass is 10.2. The molecule has 1 aromatic rings. The molecule has 1 heterocycles. The lowest BCUT2D eigenvalue weighted by Crippen LogP contribution is -2.40. The SMILES string of the molecule is CCOC1CCCC1S(=O)(=O)NCCc1csc(C(C)C)n1. The third-order valence-electron chi connectivity index (χ3n) is 3.92. The Balaban J connectivity index is 1.86. The lowest BCUT2D eigenvalue weighted by Gasteiger charge is -2.20. The van der Waals surface area contributed by atoms with Crippen LogP contribution in [0.25, 0.3) is 0 Å². The Kier molecular flexibility index (Phi) is 6.37. The maximum Gasteiger partial charge on any atom is 0.217 e. The Hall–Kier alpha value is -0.500. The van der Waals surface area contributed by atoms with Gasteiger partial charge >= 0.3 is 0 Å². The third kappa shape index (κ3) is 4.50. The van der Waals surface area contributed by atoms with Crippen molar-refractivity contribution < 1.29 is 13.2 Å². The molecule has 2 unspecified atom stereocenters. The zero-order valence-corrected chi connectivity index (χ0v) is 15.2. The second kappa shape index (κ2) is 7.86. The van der Waals surface area contributed by atoms with E-state index in [0.29, 0.717) is 31.9 Å². The van der Waals surface area contributed by atoms with E-state index in [-0.39, 0.29) is 6.10 Å². The van der Waals surface area contributed by atoms with Crippen molar-refractivity contribution in [1.29, 1.82) is 0 Å². The van der Waals surface area contributed by atoms with Gasteiger partial charge in [0.15, 0.2) is 0 Å². The Morgan fingerprint density at radius 1 is 1.45 bits per heavy atom. The van der Waals surface area contributed by atoms with E-state index in [1.807, 2.05) is 12.3 Å². The van der Waals surface area contributed by atoms with Gasteiger partial charge in [0.05, 0.1) is 16.8 Å². The first-order valence-corrected chi connectivity index (χ1v) is 10.4. The van der Waals surface area contributed by atoms with Gasteiger partial charge in [0, 0.05) is 30.9 Å². The maximum absolute atomic E-state index is 12.4. The molecule has 1 aliphatic rings. The van der Waals surface area contributed by atoms with Gasteiger partial charge in [-0.3, -0.25) is 0 Å². The van der Waals surface area contributed by atoms with E-state index in [4.69, 9.17) is 4.74 Å². The fourth-order valence-corrected chi connectivity index (χ4v) is 5.34. The van der Waals surface area contributed by atoms with E-state index < -0.39 is 15.3 Å². The smallest absolute Gasteiger partial charge is 0.217 e. The van der Waals surface area contributed by atoms with Crippen LogP contribution in [0.1, 0.15) is 56.7 Å². The molecule has 2 rings (SSSR count). The van der Waals surface area contributed by atoms with Crippen LogP contribution in [0.2, 0.25) is 0 Å². The van der Waals surface area contributed by atoms with Crippen molar-refractivity contribution in [1.82, 2.24) is 9.71 Å². The lowest BCUT2D eigenvalue weighted by molar-refractivity contribution is 0.0701. The van der Waals surface area contributed by atoms with Crippen LogP contribution in [0.15, 0.2) is 5.38 Å². The van der Waals surface area contributed by atoms with E-state index in [1.165, 1.54) is 0 Å². The van der Waals surface area contributed by atoms with Crippen molar-refractivity contribution in [3.8, 4) is 0 Å². The number of rotatable bonds is 8. The highest BCUT2D eigenvalue weighted by molar-refractivity contribution is 7.90. The van der Waals surface area contributed by atoms with Crippen molar-refractivity contribution in [2.75, 3.05) is 13.2 Å². The molecule has 22 heavy (non-hydrogen) atoms. The van der Waals surface area contributed by atoms with Crippen molar-refractivity contribution in [2.45, 2.75) is 63.7 Å². The number of nitrogens with one attached hydrogen (secondary N) is 1. The summed E-state index contributed by atoms with van der Waals surface area (Å²) >= 11 is 1.64. The first kappa shape index (κ1) is 17.8. The second-order valence-electron chi connectivity index (χ2n) is 5.98. The molecule has 0 saturated heterocycles. The van der Waals surface area contributed by atoms with E-state index in [0.717, 1.165) is 23.5 Å². The Labute approximate surface area is 137 Å². The number of thiazole rings is 1. The minimum atomic E-state index is -3.31. The van der Waals surface area contributed by atoms with Gasteiger partial charge < -0.3 is 4.74 Å². The molecule has 0 aliphatic heterocycles. The summed E-state index contributed by atoms with van der Waals surface area (Å²) in [5.74, 6) is 0.417. The topological polar surface area (TPSA) is 68.3 Å². The molecule has 0 aromatic carbocycles. The molecule has 1 aliphatic carbocycles. The molecule has 7 heteroatoms. The first-order valence-electron chi connectivity index (χ1n) is 7.98. The second-order valence-corrected chi connectivity index (χ2v) is 8.86. The van der Waals surface area contributed by atoms with Gasteiger partial charge in [0.2, 0.25) is 10.0 Å². The van der Waals surface area contributed by atoms with Crippen LogP contribution in [-0.2, 0) is 21.2 Å². The average Bonchev–Trinajstić information content (AvgIpc) is 3.08. The van der Waals surface area contributed by atoms with Gasteiger partial charge in [0.25, 0.3) is 0 Å². The summed E-state index contributed by atoms with van der Waals surface area (Å²) in [6.07, 6.45) is 2.92. The van der Waals surface area contributed by atoms with Crippen molar-refractivity contribution in [2.24, 2.45) is 0 Å². The quantitative estimate of drug-likeness (QED) is 0.786. The number of hydrogen-bond acceptors (Lipinski definition) is 5. The number of aromatic nitrogens is 1. The summed E-state index contributed by atoms with van der Waals surface area (Å²) in [5.41, 5.74) is 0.962. The number of nitrogens with zero attached hydrogens (tertiary/aromatic N) is 1. The van der Waals surface area contributed by atoms with Crippen LogP contribution in [0.5, 0.6) is 0 Å². The van der Waals surface area contributed by atoms with Crippen LogP contribution in [0.3, 0.4) is 0 Å². The summed E-state index contributed by atoms with van der Waals surface area (Å²) in [6.45, 7) is 7.09.